The molecule has 1 aromatic heterocycles. The van der Waals surface area contributed by atoms with Crippen molar-refractivity contribution in [3.63, 3.8) is 0 Å². The van der Waals surface area contributed by atoms with Crippen LogP contribution in [0.5, 0.6) is 0 Å². The number of allylic oxidation sites excluding steroid dienone is 3. The van der Waals surface area contributed by atoms with Gasteiger partial charge in [0.1, 0.15) is 5.69 Å². The van der Waals surface area contributed by atoms with Gasteiger partial charge in [0, 0.05) is 24.9 Å². The van der Waals surface area contributed by atoms with E-state index in [1.54, 1.807) is 36.0 Å². The van der Waals surface area contributed by atoms with Gasteiger partial charge in [0.25, 0.3) is 5.91 Å². The standard InChI is InChI=1S/C15H19N3O2S/c1-4-7-11(5-2)17-15(19)14-12-8-6-9-16-21(20)13(12)10-18(14)3/h4-5,7,10,16H,1-2,6,8-9H2,3H3,(H,17,19)/b11-7+. The normalized spacial score (nSPS) is 18.6. The number of amides is 1. The Morgan fingerprint density at radius 2 is 2.33 bits per heavy atom. The zero-order chi connectivity index (χ0) is 15.4. The van der Waals surface area contributed by atoms with Crippen molar-refractivity contribution < 1.29 is 9.35 Å². The van der Waals surface area contributed by atoms with Crippen LogP contribution < -0.4 is 10.0 Å². The number of nitrogens with one attached hydrogen (secondary N) is 2. The van der Waals surface area contributed by atoms with Crippen molar-refractivity contribution >= 4 is 17.3 Å². The van der Waals surface area contributed by atoms with Gasteiger partial charge in [-0.3, -0.25) is 4.79 Å². The maximum atomic E-state index is 12.5. The second-order valence-electron chi connectivity index (χ2n) is 4.71. The second-order valence-corrected chi connectivity index (χ2v) is 5.98. The molecule has 5 nitrogen and oxygen atoms in total. The zero-order valence-corrected chi connectivity index (χ0v) is 12.8. The van der Waals surface area contributed by atoms with Crippen LogP contribution in [0.2, 0.25) is 0 Å². The predicted octanol–water partition coefficient (Wildman–Crippen LogP) is 1.57. The van der Waals surface area contributed by atoms with Gasteiger partial charge in [-0.25, -0.2) is 0 Å². The smallest absolute Gasteiger partial charge is 0.272 e. The van der Waals surface area contributed by atoms with E-state index in [4.69, 9.17) is 0 Å². The summed E-state index contributed by atoms with van der Waals surface area (Å²) in [6.45, 7) is 7.94. The van der Waals surface area contributed by atoms with Gasteiger partial charge in [0.15, 0.2) is 4.90 Å². The number of rotatable bonds is 4. The van der Waals surface area contributed by atoms with E-state index in [9.17, 15) is 9.35 Å². The first-order chi connectivity index (χ1) is 10.1. The minimum absolute atomic E-state index is 0.231. The lowest BCUT2D eigenvalue weighted by atomic mass is 10.1. The largest absolute Gasteiger partial charge is 0.593 e. The van der Waals surface area contributed by atoms with Crippen LogP contribution in [0.4, 0.5) is 0 Å². The van der Waals surface area contributed by atoms with Crippen molar-refractivity contribution in [3.8, 4) is 0 Å². The molecular weight excluding hydrogens is 286 g/mol. The Morgan fingerprint density at radius 1 is 1.57 bits per heavy atom. The molecule has 0 saturated carbocycles. The maximum Gasteiger partial charge on any atom is 0.272 e. The van der Waals surface area contributed by atoms with Crippen molar-refractivity contribution in [1.29, 1.82) is 0 Å². The highest BCUT2D eigenvalue weighted by Gasteiger charge is 2.29. The molecule has 1 aliphatic heterocycles. The van der Waals surface area contributed by atoms with Crippen molar-refractivity contribution in [2.75, 3.05) is 6.54 Å². The Kier molecular flexibility index (Phi) is 5.06. The Balaban J connectivity index is 2.35. The third-order valence-electron chi connectivity index (χ3n) is 3.27. The summed E-state index contributed by atoms with van der Waals surface area (Å²) in [4.78, 5) is 13.2. The summed E-state index contributed by atoms with van der Waals surface area (Å²) in [5.74, 6) is -0.231. The van der Waals surface area contributed by atoms with Gasteiger partial charge in [-0.1, -0.05) is 19.2 Å². The molecule has 0 spiro atoms. The molecule has 2 rings (SSSR count). The van der Waals surface area contributed by atoms with E-state index < -0.39 is 11.4 Å². The Bertz CT molecular complexity index is 604. The first-order valence-electron chi connectivity index (χ1n) is 6.68. The molecule has 6 heteroatoms. The Morgan fingerprint density at radius 3 is 3.00 bits per heavy atom. The quantitative estimate of drug-likeness (QED) is 0.655. The molecule has 21 heavy (non-hydrogen) atoms. The van der Waals surface area contributed by atoms with Crippen molar-refractivity contribution in [3.05, 3.63) is 54.5 Å². The molecule has 0 aromatic carbocycles. The fourth-order valence-corrected chi connectivity index (χ4v) is 3.49. The molecule has 1 aliphatic rings. The van der Waals surface area contributed by atoms with E-state index in [-0.39, 0.29) is 5.91 Å². The van der Waals surface area contributed by atoms with Crippen LogP contribution in [0.15, 0.2) is 48.2 Å². The topological polar surface area (TPSA) is 69.1 Å². The van der Waals surface area contributed by atoms with Crippen molar-refractivity contribution in [2.24, 2.45) is 7.05 Å². The van der Waals surface area contributed by atoms with Crippen LogP contribution >= 0.6 is 0 Å². The summed E-state index contributed by atoms with van der Waals surface area (Å²) in [7, 11) is 1.78. The lowest BCUT2D eigenvalue weighted by molar-refractivity contribution is 0.0958. The number of nitrogens with zero attached hydrogens (tertiary/aromatic N) is 1. The van der Waals surface area contributed by atoms with E-state index in [0.29, 0.717) is 22.8 Å². The van der Waals surface area contributed by atoms with Gasteiger partial charge in [-0.05, 0) is 25.0 Å². The molecule has 0 saturated heterocycles. The minimum Gasteiger partial charge on any atom is -0.593 e. The third kappa shape index (κ3) is 3.29. The van der Waals surface area contributed by atoms with Crippen molar-refractivity contribution in [2.45, 2.75) is 17.7 Å². The van der Waals surface area contributed by atoms with Crippen molar-refractivity contribution in [1.82, 2.24) is 14.6 Å². The molecule has 1 aromatic rings. The molecule has 0 fully saturated rings. The number of aryl methyl sites for hydroxylation is 1. The summed E-state index contributed by atoms with van der Waals surface area (Å²) < 4.78 is 16.7. The SMILES string of the molecule is C=C/C=C(\C=C)NC(=O)c1c2c(cn1C)[S+]([O-])NCCC2. The van der Waals surface area contributed by atoms with Gasteiger partial charge in [0.2, 0.25) is 0 Å². The van der Waals surface area contributed by atoms with E-state index >= 15 is 0 Å². The average Bonchev–Trinajstić information content (AvgIpc) is 2.69. The summed E-state index contributed by atoms with van der Waals surface area (Å²) in [6.07, 6.45) is 8.14. The van der Waals surface area contributed by atoms with Gasteiger partial charge in [-0.2, -0.15) is 0 Å². The molecule has 1 atom stereocenters. The minimum atomic E-state index is -1.26. The molecule has 112 valence electrons. The van der Waals surface area contributed by atoms with Gasteiger partial charge < -0.3 is 14.4 Å². The van der Waals surface area contributed by atoms with Gasteiger partial charge in [-0.15, -0.1) is 4.72 Å². The molecular formula is C15H19N3O2S. The lowest BCUT2D eigenvalue weighted by Crippen LogP contribution is -2.25. The molecule has 2 heterocycles. The van der Waals surface area contributed by atoms with Gasteiger partial charge >= 0.3 is 0 Å². The number of hydrogen-bond acceptors (Lipinski definition) is 3. The first-order valence-corrected chi connectivity index (χ1v) is 7.83. The number of fused-ring (bicyclic) bond motifs is 1. The van der Waals surface area contributed by atoms with Crippen LogP contribution in [0.3, 0.4) is 0 Å². The second kappa shape index (κ2) is 6.80. The fraction of sp³-hybridized carbons (Fsp3) is 0.267. The summed E-state index contributed by atoms with van der Waals surface area (Å²) in [6, 6.07) is 0. The Hall–Kier alpha value is -1.76. The summed E-state index contributed by atoms with van der Waals surface area (Å²) in [5, 5.41) is 2.79. The molecule has 0 aliphatic carbocycles. The van der Waals surface area contributed by atoms with Crippen LogP contribution in [0.25, 0.3) is 0 Å². The summed E-state index contributed by atoms with van der Waals surface area (Å²) in [5.41, 5.74) is 1.97. The Labute approximate surface area is 127 Å². The van der Waals surface area contributed by atoms with E-state index in [2.05, 4.69) is 23.2 Å². The predicted molar refractivity (Wildman–Crippen MR) is 84.1 cm³/mol. The van der Waals surface area contributed by atoms with Gasteiger partial charge in [0.05, 0.1) is 17.6 Å². The zero-order valence-electron chi connectivity index (χ0n) is 12.0. The van der Waals surface area contributed by atoms with E-state index in [1.807, 2.05) is 0 Å². The number of hydrogen-bond donors (Lipinski definition) is 2. The number of carbonyl (C=O) groups is 1. The molecule has 1 unspecified atom stereocenters. The van der Waals surface area contributed by atoms with Crippen LogP contribution in [0.1, 0.15) is 22.5 Å². The maximum absolute atomic E-state index is 12.5. The highest BCUT2D eigenvalue weighted by molar-refractivity contribution is 7.89. The lowest BCUT2D eigenvalue weighted by Gasteiger charge is -2.08. The molecule has 0 bridgehead atoms. The third-order valence-corrected chi connectivity index (χ3v) is 4.49. The van der Waals surface area contributed by atoms with Crippen LogP contribution in [-0.4, -0.2) is 21.6 Å². The first kappa shape index (κ1) is 15.6. The average molecular weight is 305 g/mol. The molecule has 0 radical (unpaired) electrons. The molecule has 2 N–H and O–H groups in total. The van der Waals surface area contributed by atoms with E-state index in [0.717, 1.165) is 18.4 Å². The van der Waals surface area contributed by atoms with Crippen LogP contribution in [0, 0.1) is 0 Å². The fourth-order valence-electron chi connectivity index (χ4n) is 2.33. The molecule has 1 amide bonds. The van der Waals surface area contributed by atoms with Crippen LogP contribution in [-0.2, 0) is 24.8 Å². The van der Waals surface area contributed by atoms with E-state index in [1.165, 1.54) is 0 Å². The summed E-state index contributed by atoms with van der Waals surface area (Å²) >= 11 is -1.26. The highest BCUT2D eigenvalue weighted by Crippen LogP contribution is 2.25. The number of carbonyl (C=O) groups excluding carboxylic acids is 1. The highest BCUT2D eigenvalue weighted by atomic mass is 32.2. The number of aromatic nitrogens is 1. The monoisotopic (exact) mass is 305 g/mol.